The van der Waals surface area contributed by atoms with E-state index in [-0.39, 0.29) is 5.91 Å². The van der Waals surface area contributed by atoms with Gasteiger partial charge in [0.2, 0.25) is 5.91 Å². The number of thiophene rings is 1. The van der Waals surface area contributed by atoms with Crippen LogP contribution in [0.3, 0.4) is 0 Å². The van der Waals surface area contributed by atoms with E-state index in [9.17, 15) is 4.79 Å². The Balaban J connectivity index is 1.40. The Morgan fingerprint density at radius 2 is 1.92 bits per heavy atom. The van der Waals surface area contributed by atoms with E-state index < -0.39 is 5.41 Å². The molecule has 0 aliphatic rings. The fourth-order valence-corrected chi connectivity index (χ4v) is 5.07. The zero-order valence-corrected chi connectivity index (χ0v) is 21.7. The SMILES string of the molecule is Cc1ccc(-c2ccnc3[nH]c(-c4n[nH]c5ccc(-c6cncc(NC(=O)C(C)(C)C)c6)nc45)cc23)s1. The van der Waals surface area contributed by atoms with Crippen molar-refractivity contribution >= 4 is 45.0 Å². The lowest BCUT2D eigenvalue weighted by Gasteiger charge is -2.17. The molecule has 6 aromatic rings. The zero-order valence-electron chi connectivity index (χ0n) is 20.9. The molecule has 8 nitrogen and oxygen atoms in total. The second-order valence-corrected chi connectivity index (χ2v) is 11.3. The van der Waals surface area contributed by atoms with Crippen LogP contribution in [0.15, 0.2) is 61.1 Å². The number of aromatic nitrogens is 6. The Hall–Kier alpha value is -4.37. The molecule has 0 aromatic carbocycles. The summed E-state index contributed by atoms with van der Waals surface area (Å²) in [4.78, 5) is 32.1. The normalized spacial score (nSPS) is 11.9. The Kier molecular flexibility index (Phi) is 5.38. The van der Waals surface area contributed by atoms with Crippen LogP contribution in [0.4, 0.5) is 5.69 Å². The molecule has 6 heterocycles. The van der Waals surface area contributed by atoms with Gasteiger partial charge in [0.05, 0.1) is 28.8 Å². The van der Waals surface area contributed by atoms with E-state index in [1.165, 1.54) is 9.75 Å². The first-order valence-corrected chi connectivity index (χ1v) is 12.7. The van der Waals surface area contributed by atoms with Crippen LogP contribution in [0.25, 0.3) is 55.2 Å². The summed E-state index contributed by atoms with van der Waals surface area (Å²) < 4.78 is 0. The molecule has 3 N–H and O–H groups in total. The molecule has 0 unspecified atom stereocenters. The highest BCUT2D eigenvalue weighted by molar-refractivity contribution is 7.15. The van der Waals surface area contributed by atoms with Crippen molar-refractivity contribution in [2.75, 3.05) is 5.32 Å². The highest BCUT2D eigenvalue weighted by Crippen LogP contribution is 2.36. The van der Waals surface area contributed by atoms with Gasteiger partial charge < -0.3 is 10.3 Å². The molecule has 0 fully saturated rings. The number of hydrogen-bond acceptors (Lipinski definition) is 6. The number of pyridine rings is 3. The first-order chi connectivity index (χ1) is 17.8. The van der Waals surface area contributed by atoms with E-state index >= 15 is 0 Å². The topological polar surface area (TPSA) is 112 Å². The second-order valence-electron chi connectivity index (χ2n) is 10.0. The Labute approximate surface area is 217 Å². The van der Waals surface area contributed by atoms with E-state index in [2.05, 4.69) is 55.6 Å². The number of nitrogens with one attached hydrogen (secondary N) is 3. The van der Waals surface area contributed by atoms with Gasteiger partial charge in [-0.25, -0.2) is 9.97 Å². The molecule has 37 heavy (non-hydrogen) atoms. The fourth-order valence-electron chi connectivity index (χ4n) is 4.16. The molecule has 9 heteroatoms. The summed E-state index contributed by atoms with van der Waals surface area (Å²) in [6, 6.07) is 14.2. The number of carbonyl (C=O) groups is 1. The number of fused-ring (bicyclic) bond motifs is 2. The van der Waals surface area contributed by atoms with E-state index in [1.54, 1.807) is 23.7 Å². The van der Waals surface area contributed by atoms with Gasteiger partial charge >= 0.3 is 0 Å². The molecular formula is C28H25N7OS. The molecule has 184 valence electrons. The minimum atomic E-state index is -0.504. The van der Waals surface area contributed by atoms with Gasteiger partial charge in [0.1, 0.15) is 16.9 Å². The van der Waals surface area contributed by atoms with Gasteiger partial charge in [-0.2, -0.15) is 5.10 Å². The van der Waals surface area contributed by atoms with Gasteiger partial charge in [-0.1, -0.05) is 20.8 Å². The number of carbonyl (C=O) groups excluding carboxylic acids is 1. The molecule has 0 atom stereocenters. The number of H-pyrrole nitrogens is 2. The van der Waals surface area contributed by atoms with E-state index in [1.807, 2.05) is 51.2 Å². The van der Waals surface area contributed by atoms with E-state index in [0.29, 0.717) is 11.4 Å². The van der Waals surface area contributed by atoms with Crippen molar-refractivity contribution in [1.29, 1.82) is 0 Å². The lowest BCUT2D eigenvalue weighted by atomic mass is 9.95. The summed E-state index contributed by atoms with van der Waals surface area (Å²) in [7, 11) is 0. The van der Waals surface area contributed by atoms with Crippen LogP contribution in [0.1, 0.15) is 25.6 Å². The first kappa shape index (κ1) is 23.1. The molecule has 1 amide bonds. The monoisotopic (exact) mass is 507 g/mol. The third-order valence-corrected chi connectivity index (χ3v) is 7.21. The lowest BCUT2D eigenvalue weighted by molar-refractivity contribution is -0.123. The third kappa shape index (κ3) is 4.27. The molecular weight excluding hydrogens is 482 g/mol. The Morgan fingerprint density at radius 1 is 1.05 bits per heavy atom. The van der Waals surface area contributed by atoms with Gasteiger partial charge in [-0.3, -0.25) is 14.9 Å². The predicted octanol–water partition coefficient (Wildman–Crippen LogP) is 6.58. The van der Waals surface area contributed by atoms with Crippen LogP contribution < -0.4 is 5.32 Å². The molecule has 6 rings (SSSR count). The largest absolute Gasteiger partial charge is 0.338 e. The molecule has 0 aliphatic carbocycles. The van der Waals surface area contributed by atoms with E-state index in [4.69, 9.17) is 4.98 Å². The van der Waals surface area contributed by atoms with Crippen molar-refractivity contribution in [3.8, 4) is 33.1 Å². The summed E-state index contributed by atoms with van der Waals surface area (Å²) in [5.74, 6) is -0.0727. The van der Waals surface area contributed by atoms with Crippen LogP contribution in [0.2, 0.25) is 0 Å². The summed E-state index contributed by atoms with van der Waals surface area (Å²) in [5, 5.41) is 11.6. The number of amides is 1. The van der Waals surface area contributed by atoms with Crippen LogP contribution in [0, 0.1) is 12.3 Å². The minimum Gasteiger partial charge on any atom is -0.338 e. The van der Waals surface area contributed by atoms with Crippen LogP contribution in [-0.4, -0.2) is 36.0 Å². The number of aromatic amines is 2. The number of nitrogens with zero attached hydrogens (tertiary/aromatic N) is 4. The molecule has 0 saturated heterocycles. The quantitative estimate of drug-likeness (QED) is 0.249. The van der Waals surface area contributed by atoms with Gasteiger partial charge in [0, 0.05) is 44.1 Å². The average molecular weight is 508 g/mol. The second kappa shape index (κ2) is 8.63. The van der Waals surface area contributed by atoms with Crippen LogP contribution in [0.5, 0.6) is 0 Å². The standard InChI is InChI=1S/C28H25N7OS/c1-15-5-8-23(37-15)18-9-10-30-26-19(18)12-22(33-26)25-24-21(34-35-25)7-6-20(32-24)16-11-17(14-29-13-16)31-27(36)28(2,3)4/h5-14H,1-4H3,(H,30,33)(H,31,36)(H,34,35). The average Bonchev–Trinajstić information content (AvgIpc) is 3.60. The van der Waals surface area contributed by atoms with Gasteiger partial charge in [-0.05, 0) is 49.4 Å². The Bertz CT molecular complexity index is 1790. The summed E-state index contributed by atoms with van der Waals surface area (Å²) >= 11 is 1.76. The van der Waals surface area contributed by atoms with Gasteiger partial charge in [-0.15, -0.1) is 11.3 Å². The molecule has 0 bridgehead atoms. The lowest BCUT2D eigenvalue weighted by Crippen LogP contribution is -2.27. The van der Waals surface area contributed by atoms with Crippen LogP contribution in [-0.2, 0) is 4.79 Å². The molecule has 0 saturated carbocycles. The molecule has 0 radical (unpaired) electrons. The minimum absolute atomic E-state index is 0.0727. The molecule has 0 spiro atoms. The molecule has 6 aromatic heterocycles. The summed E-state index contributed by atoms with van der Waals surface area (Å²) in [6.45, 7) is 7.73. The Morgan fingerprint density at radius 3 is 2.70 bits per heavy atom. The number of rotatable bonds is 4. The zero-order chi connectivity index (χ0) is 25.7. The van der Waals surface area contributed by atoms with Crippen molar-refractivity contribution in [3.63, 3.8) is 0 Å². The van der Waals surface area contributed by atoms with Crippen molar-refractivity contribution in [2.24, 2.45) is 5.41 Å². The van der Waals surface area contributed by atoms with Gasteiger partial charge in [0.25, 0.3) is 0 Å². The number of anilines is 1. The van der Waals surface area contributed by atoms with Crippen molar-refractivity contribution < 1.29 is 4.79 Å². The first-order valence-electron chi connectivity index (χ1n) is 11.9. The maximum atomic E-state index is 12.4. The smallest absolute Gasteiger partial charge is 0.229 e. The van der Waals surface area contributed by atoms with Gasteiger partial charge in [0.15, 0.2) is 0 Å². The fraction of sp³-hybridized carbons (Fsp3) is 0.179. The summed E-state index contributed by atoms with van der Waals surface area (Å²) in [5.41, 5.74) is 6.72. The van der Waals surface area contributed by atoms with E-state index in [0.717, 1.165) is 44.6 Å². The maximum absolute atomic E-state index is 12.4. The van der Waals surface area contributed by atoms with Crippen LogP contribution >= 0.6 is 11.3 Å². The molecule has 0 aliphatic heterocycles. The maximum Gasteiger partial charge on any atom is 0.229 e. The van der Waals surface area contributed by atoms with Crippen molar-refractivity contribution in [2.45, 2.75) is 27.7 Å². The summed E-state index contributed by atoms with van der Waals surface area (Å²) in [6.07, 6.45) is 5.20. The third-order valence-electron chi connectivity index (χ3n) is 6.17. The highest BCUT2D eigenvalue weighted by Gasteiger charge is 2.21. The number of hydrogen-bond donors (Lipinski definition) is 3. The number of aryl methyl sites for hydroxylation is 1. The van der Waals surface area contributed by atoms with Crippen molar-refractivity contribution in [3.05, 3.63) is 65.9 Å². The highest BCUT2D eigenvalue weighted by atomic mass is 32.1. The predicted molar refractivity (Wildman–Crippen MR) is 148 cm³/mol. The van der Waals surface area contributed by atoms with Crippen molar-refractivity contribution in [1.82, 2.24) is 30.1 Å².